The third-order valence-corrected chi connectivity index (χ3v) is 7.97. The van der Waals surface area contributed by atoms with Gasteiger partial charge >= 0.3 is 18.2 Å². The second-order valence-corrected chi connectivity index (χ2v) is 12.0. The lowest BCUT2D eigenvalue weighted by Crippen LogP contribution is -2.46. The molecular weight excluding hydrogens is 564 g/mol. The Kier molecular flexibility index (Phi) is 8.21. The minimum absolute atomic E-state index is 0.00960. The predicted molar refractivity (Wildman–Crippen MR) is 135 cm³/mol. The molecule has 10 nitrogen and oxygen atoms in total. The number of amides is 1. The van der Waals surface area contributed by atoms with Gasteiger partial charge in [-0.25, -0.2) is 17.6 Å². The molecular formula is C25H28F4N2O8S. The van der Waals surface area contributed by atoms with Crippen LogP contribution in [0.5, 0.6) is 11.5 Å². The number of hydrogen-bond donors (Lipinski definition) is 2. The van der Waals surface area contributed by atoms with Gasteiger partial charge in [-0.1, -0.05) is 0 Å². The molecule has 0 spiro atoms. The van der Waals surface area contributed by atoms with Crippen molar-refractivity contribution in [3.63, 3.8) is 0 Å². The number of aliphatic carboxylic acids is 1. The van der Waals surface area contributed by atoms with E-state index in [1.165, 1.54) is 26.0 Å². The number of fused-ring (bicyclic) bond motifs is 1. The van der Waals surface area contributed by atoms with Crippen LogP contribution in [-0.2, 0) is 19.6 Å². The van der Waals surface area contributed by atoms with Crippen LogP contribution in [0.25, 0.3) is 0 Å². The van der Waals surface area contributed by atoms with Crippen LogP contribution in [0.3, 0.4) is 0 Å². The van der Waals surface area contributed by atoms with Crippen LogP contribution in [0.2, 0.25) is 0 Å². The van der Waals surface area contributed by atoms with E-state index in [1.807, 2.05) is 0 Å². The van der Waals surface area contributed by atoms with Gasteiger partial charge in [-0.15, -0.1) is 0 Å². The predicted octanol–water partition coefficient (Wildman–Crippen LogP) is 5.18. The van der Waals surface area contributed by atoms with E-state index in [-0.39, 0.29) is 40.7 Å². The fourth-order valence-electron chi connectivity index (χ4n) is 3.74. The average Bonchev–Trinajstić information content (AvgIpc) is 2.82. The summed E-state index contributed by atoms with van der Waals surface area (Å²) >= 11 is 0. The number of anilines is 2. The van der Waals surface area contributed by atoms with Gasteiger partial charge in [0.1, 0.15) is 11.9 Å². The highest BCUT2D eigenvalue weighted by atomic mass is 32.2. The Balaban J connectivity index is 2.03. The maximum atomic E-state index is 14.0. The van der Waals surface area contributed by atoms with Crippen LogP contribution in [0.1, 0.15) is 34.1 Å². The standard InChI is InChI=1S/C25H28F4N2O8S/c1-23(2,21(32)33)12-15-13-31(40(35,36)16-7-8-17(26)20(11-16)37-5)18-10-14(6-9-19(18)38-15)30-22(34)39-24(3,4)25(27,28)29/h6-11,15H,12-13H2,1-5H3,(H,30,34)(H,32,33)/t15-/m1/s1. The fourth-order valence-corrected chi connectivity index (χ4v) is 5.26. The number of ether oxygens (including phenoxy) is 3. The molecule has 0 bridgehead atoms. The van der Waals surface area contributed by atoms with E-state index in [4.69, 9.17) is 9.47 Å². The summed E-state index contributed by atoms with van der Waals surface area (Å²) in [5.74, 6) is -2.30. The highest BCUT2D eigenvalue weighted by Gasteiger charge is 2.51. The molecule has 0 fully saturated rings. The molecule has 1 amide bonds. The first-order valence-corrected chi connectivity index (χ1v) is 13.2. The van der Waals surface area contributed by atoms with E-state index in [1.54, 1.807) is 0 Å². The molecule has 0 aromatic heterocycles. The van der Waals surface area contributed by atoms with Gasteiger partial charge in [0.2, 0.25) is 5.60 Å². The summed E-state index contributed by atoms with van der Waals surface area (Å²) in [7, 11) is -3.31. The number of nitrogens with one attached hydrogen (secondary N) is 1. The summed E-state index contributed by atoms with van der Waals surface area (Å²) in [6.07, 6.45) is -7.34. The number of benzene rings is 2. The number of carbonyl (C=O) groups excluding carboxylic acids is 1. The van der Waals surface area contributed by atoms with Gasteiger partial charge in [0.05, 0.1) is 29.7 Å². The molecule has 1 aliphatic heterocycles. The average molecular weight is 593 g/mol. The molecule has 1 aliphatic rings. The number of alkyl halides is 3. The number of carboxylic acids is 1. The number of nitrogens with zero attached hydrogens (tertiary/aromatic N) is 1. The molecule has 0 saturated carbocycles. The first kappa shape index (κ1) is 30.8. The SMILES string of the molecule is COc1cc(S(=O)(=O)N2C[C@@H](CC(C)(C)C(=O)O)Oc3ccc(NC(=O)OC(C)(C)C(F)(F)F)cc32)ccc1F. The molecule has 0 saturated heterocycles. The minimum Gasteiger partial charge on any atom is -0.494 e. The first-order valence-electron chi connectivity index (χ1n) is 11.8. The van der Waals surface area contributed by atoms with Gasteiger partial charge < -0.3 is 19.3 Å². The van der Waals surface area contributed by atoms with Gasteiger partial charge in [0, 0.05) is 18.2 Å². The Labute approximate surface area is 227 Å². The minimum atomic E-state index is -4.85. The van der Waals surface area contributed by atoms with E-state index < -0.39 is 51.2 Å². The van der Waals surface area contributed by atoms with E-state index in [0.29, 0.717) is 13.8 Å². The molecule has 220 valence electrons. The van der Waals surface area contributed by atoms with Crippen molar-refractivity contribution in [2.45, 2.75) is 56.9 Å². The van der Waals surface area contributed by atoms with Crippen molar-refractivity contribution >= 4 is 33.5 Å². The second kappa shape index (κ2) is 10.7. The second-order valence-electron chi connectivity index (χ2n) is 10.2. The maximum Gasteiger partial charge on any atom is 0.427 e. The Hall–Kier alpha value is -3.75. The van der Waals surface area contributed by atoms with Gasteiger partial charge in [0.15, 0.2) is 11.6 Å². The van der Waals surface area contributed by atoms with Crippen molar-refractivity contribution in [1.29, 1.82) is 0 Å². The van der Waals surface area contributed by atoms with Crippen LogP contribution in [0.15, 0.2) is 41.3 Å². The topological polar surface area (TPSA) is 131 Å². The zero-order valence-electron chi connectivity index (χ0n) is 22.1. The molecule has 2 aromatic carbocycles. The van der Waals surface area contributed by atoms with Crippen LogP contribution < -0.4 is 19.1 Å². The monoisotopic (exact) mass is 592 g/mol. The van der Waals surface area contributed by atoms with Crippen molar-refractivity contribution in [3.05, 3.63) is 42.2 Å². The summed E-state index contributed by atoms with van der Waals surface area (Å²) in [5.41, 5.74) is -4.34. The number of sulfonamides is 1. The van der Waals surface area contributed by atoms with Crippen molar-refractivity contribution < 1.29 is 54.9 Å². The number of rotatable bonds is 8. The summed E-state index contributed by atoms with van der Waals surface area (Å²) in [6, 6.07) is 6.54. The van der Waals surface area contributed by atoms with Gasteiger partial charge in [-0.3, -0.25) is 14.4 Å². The molecule has 0 unspecified atom stereocenters. The molecule has 0 radical (unpaired) electrons. The lowest BCUT2D eigenvalue weighted by Gasteiger charge is -2.37. The Bertz CT molecular complexity index is 1410. The first-order chi connectivity index (χ1) is 18.3. The Morgan fingerprint density at radius 1 is 1.12 bits per heavy atom. The van der Waals surface area contributed by atoms with Gasteiger partial charge in [0.25, 0.3) is 10.0 Å². The quantitative estimate of drug-likeness (QED) is 0.401. The Morgan fingerprint density at radius 2 is 1.77 bits per heavy atom. The van der Waals surface area contributed by atoms with Crippen LogP contribution in [0, 0.1) is 11.2 Å². The summed E-state index contributed by atoms with van der Waals surface area (Å²) in [4.78, 5) is 23.5. The third-order valence-electron chi connectivity index (χ3n) is 6.20. The van der Waals surface area contributed by atoms with Crippen molar-refractivity contribution in [1.82, 2.24) is 0 Å². The van der Waals surface area contributed by atoms with E-state index >= 15 is 0 Å². The van der Waals surface area contributed by atoms with Crippen LogP contribution >= 0.6 is 0 Å². The molecule has 2 N–H and O–H groups in total. The summed E-state index contributed by atoms with van der Waals surface area (Å²) in [6.45, 7) is 3.84. The fraction of sp³-hybridized carbons (Fsp3) is 0.440. The molecule has 0 aliphatic carbocycles. The summed E-state index contributed by atoms with van der Waals surface area (Å²) in [5, 5.41) is 11.7. The summed E-state index contributed by atoms with van der Waals surface area (Å²) < 4.78 is 97.0. The number of halogens is 4. The van der Waals surface area contributed by atoms with E-state index in [0.717, 1.165) is 35.7 Å². The Morgan fingerprint density at radius 3 is 2.35 bits per heavy atom. The molecule has 1 atom stereocenters. The lowest BCUT2D eigenvalue weighted by molar-refractivity contribution is -0.242. The largest absolute Gasteiger partial charge is 0.494 e. The molecule has 1 heterocycles. The van der Waals surface area contributed by atoms with E-state index in [9.17, 15) is 40.7 Å². The molecule has 2 aromatic rings. The molecule has 40 heavy (non-hydrogen) atoms. The number of carbonyl (C=O) groups is 2. The molecule has 15 heteroatoms. The van der Waals surface area contributed by atoms with Crippen molar-refractivity contribution in [2.75, 3.05) is 23.3 Å². The normalized spacial score (nSPS) is 16.0. The maximum absolute atomic E-state index is 14.0. The highest BCUT2D eigenvalue weighted by molar-refractivity contribution is 7.92. The molecule has 3 rings (SSSR count). The van der Waals surface area contributed by atoms with Gasteiger partial charge in [-0.2, -0.15) is 13.2 Å². The third kappa shape index (κ3) is 6.35. The van der Waals surface area contributed by atoms with Crippen LogP contribution in [0.4, 0.5) is 33.7 Å². The zero-order chi connectivity index (χ0) is 30.3. The number of methoxy groups -OCH3 is 1. The van der Waals surface area contributed by atoms with Gasteiger partial charge in [-0.05, 0) is 58.0 Å². The number of carboxylic acid groups (broad SMARTS) is 1. The lowest BCUT2D eigenvalue weighted by atomic mass is 9.86. The van der Waals surface area contributed by atoms with Crippen molar-refractivity contribution in [2.24, 2.45) is 5.41 Å². The van der Waals surface area contributed by atoms with Crippen LogP contribution in [-0.4, -0.2) is 57.1 Å². The number of hydrogen-bond acceptors (Lipinski definition) is 7. The van der Waals surface area contributed by atoms with E-state index in [2.05, 4.69) is 10.1 Å². The highest BCUT2D eigenvalue weighted by Crippen LogP contribution is 2.42. The van der Waals surface area contributed by atoms with Crippen molar-refractivity contribution in [3.8, 4) is 11.5 Å². The zero-order valence-corrected chi connectivity index (χ0v) is 22.9. The smallest absolute Gasteiger partial charge is 0.427 e.